The summed E-state index contributed by atoms with van der Waals surface area (Å²) in [5, 5.41) is 6.23. The minimum Gasteiger partial charge on any atom is -0.493 e. The van der Waals surface area contributed by atoms with Crippen LogP contribution in [-0.4, -0.2) is 59.7 Å². The van der Waals surface area contributed by atoms with Crippen molar-refractivity contribution < 1.29 is 17.9 Å². The highest BCUT2D eigenvalue weighted by molar-refractivity contribution is 7.90. The number of methoxy groups -OCH3 is 1. The number of hydrogen-bond acceptors (Lipinski definition) is 5. The summed E-state index contributed by atoms with van der Waals surface area (Å²) >= 11 is 0. The van der Waals surface area contributed by atoms with E-state index in [9.17, 15) is 8.42 Å². The van der Waals surface area contributed by atoms with E-state index in [4.69, 9.17) is 9.47 Å². The molecule has 1 rings (SSSR count). The highest BCUT2D eigenvalue weighted by Gasteiger charge is 2.09. The Morgan fingerprint density at radius 2 is 1.92 bits per heavy atom. The summed E-state index contributed by atoms with van der Waals surface area (Å²) in [7, 11) is 0.341. The molecule has 1 atom stereocenters. The average Bonchev–Trinajstić information content (AvgIpc) is 2.53. The first-order chi connectivity index (χ1) is 11.4. The van der Waals surface area contributed by atoms with Gasteiger partial charge >= 0.3 is 0 Å². The van der Waals surface area contributed by atoms with E-state index in [0.29, 0.717) is 37.0 Å². The van der Waals surface area contributed by atoms with Crippen molar-refractivity contribution in [2.45, 2.75) is 19.4 Å². The zero-order valence-electron chi connectivity index (χ0n) is 14.7. The molecule has 0 saturated carbocycles. The highest BCUT2D eigenvalue weighted by Crippen LogP contribution is 2.26. The average molecular weight is 357 g/mol. The van der Waals surface area contributed by atoms with Crippen molar-refractivity contribution in [3.8, 4) is 11.5 Å². The molecule has 1 unspecified atom stereocenters. The van der Waals surface area contributed by atoms with Gasteiger partial charge in [-0.15, -0.1) is 0 Å². The topological polar surface area (TPSA) is 89.0 Å². The molecule has 0 spiro atoms. The molecule has 2 N–H and O–H groups in total. The third-order valence-electron chi connectivity index (χ3n) is 3.16. The molecule has 0 amide bonds. The molecule has 0 bridgehead atoms. The van der Waals surface area contributed by atoms with Gasteiger partial charge < -0.3 is 20.1 Å². The lowest BCUT2D eigenvalue weighted by molar-refractivity contribution is 0.213. The van der Waals surface area contributed by atoms with Crippen LogP contribution in [0.3, 0.4) is 0 Å². The van der Waals surface area contributed by atoms with Gasteiger partial charge in [-0.2, -0.15) is 0 Å². The molecule has 24 heavy (non-hydrogen) atoms. The molecule has 0 heterocycles. The molecule has 1 aromatic rings. The van der Waals surface area contributed by atoms with E-state index in [1.807, 2.05) is 31.2 Å². The first-order valence-corrected chi connectivity index (χ1v) is 9.83. The molecule has 0 fully saturated rings. The zero-order chi connectivity index (χ0) is 18.0. The van der Waals surface area contributed by atoms with Crippen LogP contribution in [0.1, 0.15) is 13.3 Å². The van der Waals surface area contributed by atoms with Gasteiger partial charge in [0, 0.05) is 19.8 Å². The molecule has 136 valence electrons. The van der Waals surface area contributed by atoms with Crippen molar-refractivity contribution in [2.24, 2.45) is 4.99 Å². The van der Waals surface area contributed by atoms with Gasteiger partial charge in [0.2, 0.25) is 0 Å². The fourth-order valence-electron chi connectivity index (χ4n) is 1.98. The van der Waals surface area contributed by atoms with E-state index in [2.05, 4.69) is 15.6 Å². The number of benzene rings is 1. The van der Waals surface area contributed by atoms with Gasteiger partial charge in [-0.3, -0.25) is 4.99 Å². The first-order valence-electron chi connectivity index (χ1n) is 7.77. The Bertz CT molecular complexity index is 632. The Labute approximate surface area is 144 Å². The molecule has 0 aliphatic carbocycles. The summed E-state index contributed by atoms with van der Waals surface area (Å²) in [4.78, 5) is 4.10. The number of ether oxygens (including phenoxy) is 2. The Kier molecular flexibility index (Phi) is 8.39. The number of guanidine groups is 1. The molecular formula is C16H27N3O4S. The number of nitrogens with one attached hydrogen (secondary N) is 2. The molecule has 1 aromatic carbocycles. The van der Waals surface area contributed by atoms with Crippen molar-refractivity contribution in [3.05, 3.63) is 24.3 Å². The second-order valence-corrected chi connectivity index (χ2v) is 7.70. The minimum absolute atomic E-state index is 0.101. The van der Waals surface area contributed by atoms with Gasteiger partial charge in [0.15, 0.2) is 17.5 Å². The van der Waals surface area contributed by atoms with Crippen molar-refractivity contribution in [2.75, 3.05) is 39.3 Å². The predicted molar refractivity (Wildman–Crippen MR) is 96.8 cm³/mol. The van der Waals surface area contributed by atoms with Gasteiger partial charge in [0.25, 0.3) is 0 Å². The van der Waals surface area contributed by atoms with E-state index >= 15 is 0 Å². The summed E-state index contributed by atoms with van der Waals surface area (Å²) in [6.45, 7) is 3.02. The standard InChI is InChI=1S/C16H27N3O4S/c1-13(23-15-9-6-5-8-14(15)22-3)12-19-16(17-2)18-10-7-11-24(4,20)21/h5-6,8-9,13H,7,10-12H2,1-4H3,(H2,17,18,19). The highest BCUT2D eigenvalue weighted by atomic mass is 32.2. The number of sulfone groups is 1. The second kappa shape index (κ2) is 10.0. The van der Waals surface area contributed by atoms with E-state index in [0.717, 1.165) is 0 Å². The van der Waals surface area contributed by atoms with Crippen LogP contribution in [0.25, 0.3) is 0 Å². The van der Waals surface area contributed by atoms with Crippen LogP contribution in [0.5, 0.6) is 11.5 Å². The van der Waals surface area contributed by atoms with Crippen LogP contribution in [0.4, 0.5) is 0 Å². The van der Waals surface area contributed by atoms with Gasteiger partial charge in [0.1, 0.15) is 15.9 Å². The normalized spacial score (nSPS) is 13.2. The fourth-order valence-corrected chi connectivity index (χ4v) is 2.65. The van der Waals surface area contributed by atoms with Crippen LogP contribution in [-0.2, 0) is 9.84 Å². The van der Waals surface area contributed by atoms with Crippen molar-refractivity contribution in [3.63, 3.8) is 0 Å². The summed E-state index contributed by atoms with van der Waals surface area (Å²) in [5.74, 6) is 2.14. The summed E-state index contributed by atoms with van der Waals surface area (Å²) in [5.41, 5.74) is 0. The quantitative estimate of drug-likeness (QED) is 0.390. The monoisotopic (exact) mass is 357 g/mol. The van der Waals surface area contributed by atoms with Crippen LogP contribution >= 0.6 is 0 Å². The van der Waals surface area contributed by atoms with Crippen LogP contribution in [0, 0.1) is 0 Å². The lowest BCUT2D eigenvalue weighted by Crippen LogP contribution is -2.42. The predicted octanol–water partition coefficient (Wildman–Crippen LogP) is 1.06. The third-order valence-corrected chi connectivity index (χ3v) is 4.19. The number of para-hydroxylation sites is 2. The van der Waals surface area contributed by atoms with Crippen molar-refractivity contribution in [1.82, 2.24) is 10.6 Å². The van der Waals surface area contributed by atoms with Gasteiger partial charge in [-0.05, 0) is 25.5 Å². The fraction of sp³-hybridized carbons (Fsp3) is 0.562. The third kappa shape index (κ3) is 8.05. The molecule has 0 aromatic heterocycles. The lowest BCUT2D eigenvalue weighted by atomic mass is 10.3. The Balaban J connectivity index is 2.37. The van der Waals surface area contributed by atoms with Gasteiger partial charge in [-0.1, -0.05) is 12.1 Å². The van der Waals surface area contributed by atoms with E-state index in [1.165, 1.54) is 6.26 Å². The lowest BCUT2D eigenvalue weighted by Gasteiger charge is -2.19. The molecule has 8 heteroatoms. The molecular weight excluding hydrogens is 330 g/mol. The number of aliphatic imine (C=N–C) groups is 1. The van der Waals surface area contributed by atoms with Crippen LogP contribution in [0.15, 0.2) is 29.3 Å². The summed E-state index contributed by atoms with van der Waals surface area (Å²) in [6.07, 6.45) is 1.67. The summed E-state index contributed by atoms with van der Waals surface area (Å²) in [6, 6.07) is 7.47. The van der Waals surface area contributed by atoms with Crippen LogP contribution in [0.2, 0.25) is 0 Å². The molecule has 7 nitrogen and oxygen atoms in total. The maximum Gasteiger partial charge on any atom is 0.191 e. The molecule has 0 aliphatic rings. The van der Waals surface area contributed by atoms with E-state index in [-0.39, 0.29) is 11.9 Å². The van der Waals surface area contributed by atoms with E-state index in [1.54, 1.807) is 14.2 Å². The Morgan fingerprint density at radius 3 is 2.50 bits per heavy atom. The van der Waals surface area contributed by atoms with Crippen molar-refractivity contribution in [1.29, 1.82) is 0 Å². The second-order valence-electron chi connectivity index (χ2n) is 5.44. The molecule has 0 aliphatic heterocycles. The van der Waals surface area contributed by atoms with Crippen molar-refractivity contribution >= 4 is 15.8 Å². The maximum absolute atomic E-state index is 11.1. The largest absolute Gasteiger partial charge is 0.493 e. The van der Waals surface area contributed by atoms with Gasteiger partial charge in [-0.25, -0.2) is 8.42 Å². The van der Waals surface area contributed by atoms with Crippen LogP contribution < -0.4 is 20.1 Å². The number of nitrogens with zero attached hydrogens (tertiary/aromatic N) is 1. The Hall–Kier alpha value is -1.96. The molecule has 0 saturated heterocycles. The van der Waals surface area contributed by atoms with Gasteiger partial charge in [0.05, 0.1) is 19.4 Å². The maximum atomic E-state index is 11.1. The minimum atomic E-state index is -2.93. The summed E-state index contributed by atoms with van der Waals surface area (Å²) < 4.78 is 33.3. The first kappa shape index (κ1) is 20.1. The Morgan fingerprint density at radius 1 is 1.25 bits per heavy atom. The smallest absolute Gasteiger partial charge is 0.191 e. The van der Waals surface area contributed by atoms with E-state index < -0.39 is 9.84 Å². The number of hydrogen-bond donors (Lipinski definition) is 2. The number of rotatable bonds is 9. The SMILES string of the molecule is CN=C(NCCCS(C)(=O)=O)NCC(C)Oc1ccccc1OC. The molecule has 0 radical (unpaired) electrons. The zero-order valence-corrected chi connectivity index (χ0v) is 15.5.